The number of rotatable bonds is 9. The van der Waals surface area contributed by atoms with Crippen LogP contribution in [0.4, 0.5) is 0 Å². The maximum absolute atomic E-state index is 12.4. The number of aliphatic hydroxyl groups is 2. The summed E-state index contributed by atoms with van der Waals surface area (Å²) in [6.45, 7) is 8.71. The number of carbonyl (C=O) groups is 1. The Morgan fingerprint density at radius 2 is 1.84 bits per heavy atom. The van der Waals surface area contributed by atoms with Gasteiger partial charge in [-0.15, -0.1) is 0 Å². The quantitative estimate of drug-likeness (QED) is 0.424. The summed E-state index contributed by atoms with van der Waals surface area (Å²) in [5.74, 6) is 1.54. The molecule has 0 aliphatic heterocycles. The molecule has 3 saturated carbocycles. The molecule has 1 amide bonds. The van der Waals surface area contributed by atoms with Gasteiger partial charge in [0, 0.05) is 18.0 Å². The van der Waals surface area contributed by atoms with Crippen LogP contribution in [-0.4, -0.2) is 58.5 Å². The number of hydrogen-bond acceptors (Lipinski definition) is 4. The van der Waals surface area contributed by atoms with Crippen molar-refractivity contribution < 1.29 is 19.7 Å². The molecule has 2 N–H and O–H groups in total. The molecule has 0 aromatic rings. The fourth-order valence-corrected chi connectivity index (χ4v) is 6.21. The van der Waals surface area contributed by atoms with Gasteiger partial charge < -0.3 is 19.8 Å². The van der Waals surface area contributed by atoms with Crippen molar-refractivity contribution in [2.45, 2.75) is 96.9 Å². The molecule has 3 aliphatic carbocycles. The molecule has 31 heavy (non-hydrogen) atoms. The van der Waals surface area contributed by atoms with Gasteiger partial charge in [-0.2, -0.15) is 0 Å². The minimum Gasteiger partial charge on any atom is -0.392 e. The van der Waals surface area contributed by atoms with E-state index in [9.17, 15) is 15.0 Å². The van der Waals surface area contributed by atoms with Gasteiger partial charge in [0.1, 0.15) is 6.61 Å². The lowest BCUT2D eigenvalue weighted by Gasteiger charge is -2.30. The van der Waals surface area contributed by atoms with E-state index in [2.05, 4.69) is 12.2 Å². The first kappa shape index (κ1) is 24.5. The molecule has 176 valence electrons. The lowest BCUT2D eigenvalue weighted by atomic mass is 9.89. The van der Waals surface area contributed by atoms with Crippen molar-refractivity contribution in [3.05, 3.63) is 23.8 Å². The number of aliphatic hydroxyl groups excluding tert-OH is 2. The molecule has 3 rings (SSSR count). The molecule has 0 unspecified atom stereocenters. The maximum Gasteiger partial charge on any atom is 0.249 e. The second-order valence-electron chi connectivity index (χ2n) is 10.5. The second kappa shape index (κ2) is 11.1. The standard InChI is InChI=1S/C26H43NO4/c1-17(2)27(18(3)4)26(30)16-31-12-11-19-13-21-15-25(29)22(23(21)14-19)9-10-24(28)20-7-5-6-8-20/h9-11,17-18,20-25,28-29H,5-8,12-16H2,1-4H3/b10-9+,19-11?/t21-,22+,23-,24-,25+/m0/s1. The van der Waals surface area contributed by atoms with Crippen molar-refractivity contribution in [2.24, 2.45) is 23.7 Å². The van der Waals surface area contributed by atoms with E-state index in [1.54, 1.807) is 0 Å². The minimum atomic E-state index is -0.368. The summed E-state index contributed by atoms with van der Waals surface area (Å²) < 4.78 is 5.68. The highest BCUT2D eigenvalue weighted by Gasteiger charge is 2.45. The topological polar surface area (TPSA) is 70.0 Å². The van der Waals surface area contributed by atoms with Gasteiger partial charge in [-0.05, 0) is 77.6 Å². The van der Waals surface area contributed by atoms with Crippen LogP contribution in [0.3, 0.4) is 0 Å². The lowest BCUT2D eigenvalue weighted by Crippen LogP contribution is -2.43. The number of ether oxygens (including phenoxy) is 1. The largest absolute Gasteiger partial charge is 0.392 e. The Kier molecular flexibility index (Phi) is 8.77. The molecule has 3 aliphatic rings. The van der Waals surface area contributed by atoms with E-state index in [1.807, 2.05) is 38.7 Å². The van der Waals surface area contributed by atoms with Crippen LogP contribution < -0.4 is 0 Å². The SMILES string of the molecule is CC(C)N(C(=O)COCC=C1C[C@H]2C[C@@H](O)[C@H](/C=C/[C@H](O)C3CCCC3)[C@H]2C1)C(C)C. The van der Waals surface area contributed by atoms with E-state index in [0.29, 0.717) is 24.4 Å². The molecule has 5 nitrogen and oxygen atoms in total. The second-order valence-corrected chi connectivity index (χ2v) is 10.5. The van der Waals surface area contributed by atoms with Crippen LogP contribution in [-0.2, 0) is 9.53 Å². The average Bonchev–Trinajstić information content (AvgIpc) is 3.40. The molecule has 0 heterocycles. The first-order valence-corrected chi connectivity index (χ1v) is 12.4. The van der Waals surface area contributed by atoms with E-state index in [-0.39, 0.29) is 42.7 Å². The van der Waals surface area contributed by atoms with Crippen LogP contribution in [0, 0.1) is 23.7 Å². The molecule has 0 spiro atoms. The van der Waals surface area contributed by atoms with E-state index < -0.39 is 0 Å². The Bertz CT molecular complexity index is 642. The monoisotopic (exact) mass is 433 g/mol. The number of allylic oxidation sites excluding steroid dienone is 1. The Hall–Kier alpha value is -1.17. The Labute approximate surface area is 188 Å². The van der Waals surface area contributed by atoms with Crippen molar-refractivity contribution >= 4 is 5.91 Å². The zero-order chi connectivity index (χ0) is 22.5. The lowest BCUT2D eigenvalue weighted by molar-refractivity contribution is -0.139. The van der Waals surface area contributed by atoms with Crippen LogP contribution in [0.1, 0.15) is 72.6 Å². The van der Waals surface area contributed by atoms with Crippen molar-refractivity contribution in [1.29, 1.82) is 0 Å². The van der Waals surface area contributed by atoms with Crippen molar-refractivity contribution in [1.82, 2.24) is 4.90 Å². The molecule has 5 atom stereocenters. The first-order chi connectivity index (χ1) is 14.8. The Morgan fingerprint density at radius 1 is 1.16 bits per heavy atom. The van der Waals surface area contributed by atoms with Gasteiger partial charge in [0.2, 0.25) is 5.91 Å². The predicted molar refractivity (Wildman–Crippen MR) is 123 cm³/mol. The number of amides is 1. The average molecular weight is 434 g/mol. The molecule has 0 aromatic carbocycles. The Morgan fingerprint density at radius 3 is 2.48 bits per heavy atom. The van der Waals surface area contributed by atoms with Crippen LogP contribution in [0.25, 0.3) is 0 Å². The number of carbonyl (C=O) groups excluding carboxylic acids is 1. The van der Waals surface area contributed by atoms with Gasteiger partial charge >= 0.3 is 0 Å². The van der Waals surface area contributed by atoms with Crippen LogP contribution >= 0.6 is 0 Å². The fourth-order valence-electron chi connectivity index (χ4n) is 6.21. The van der Waals surface area contributed by atoms with Crippen molar-refractivity contribution in [3.63, 3.8) is 0 Å². The van der Waals surface area contributed by atoms with Crippen molar-refractivity contribution in [3.8, 4) is 0 Å². The third-order valence-electron chi connectivity index (χ3n) is 7.64. The molecular weight excluding hydrogens is 390 g/mol. The number of fused-ring (bicyclic) bond motifs is 1. The summed E-state index contributed by atoms with van der Waals surface area (Å²) in [6, 6.07) is 0.347. The summed E-state index contributed by atoms with van der Waals surface area (Å²) in [6.07, 6.45) is 13.1. The maximum atomic E-state index is 12.4. The smallest absolute Gasteiger partial charge is 0.249 e. The molecule has 0 radical (unpaired) electrons. The molecule has 0 bridgehead atoms. The fraction of sp³-hybridized carbons (Fsp3) is 0.808. The molecular formula is C26H43NO4. The number of hydrogen-bond donors (Lipinski definition) is 2. The summed E-state index contributed by atoms with van der Waals surface area (Å²) in [5, 5.41) is 21.0. The third-order valence-corrected chi connectivity index (χ3v) is 7.64. The van der Waals surface area contributed by atoms with Gasteiger partial charge in [0.25, 0.3) is 0 Å². The first-order valence-electron chi connectivity index (χ1n) is 12.4. The summed E-state index contributed by atoms with van der Waals surface area (Å²) in [7, 11) is 0. The highest BCUT2D eigenvalue weighted by Crippen LogP contribution is 2.50. The summed E-state index contributed by atoms with van der Waals surface area (Å²) >= 11 is 0. The molecule has 0 saturated heterocycles. The van der Waals surface area contributed by atoms with E-state index in [0.717, 1.165) is 32.1 Å². The number of nitrogens with zero attached hydrogens (tertiary/aromatic N) is 1. The van der Waals surface area contributed by atoms with Crippen LogP contribution in [0.5, 0.6) is 0 Å². The van der Waals surface area contributed by atoms with Gasteiger partial charge in [-0.3, -0.25) is 4.79 Å². The zero-order valence-corrected chi connectivity index (χ0v) is 19.9. The van der Waals surface area contributed by atoms with Crippen LogP contribution in [0.15, 0.2) is 23.8 Å². The molecule has 3 fully saturated rings. The van der Waals surface area contributed by atoms with Gasteiger partial charge in [-0.25, -0.2) is 0 Å². The summed E-state index contributed by atoms with van der Waals surface area (Å²) in [4.78, 5) is 14.3. The molecule has 5 heteroatoms. The normalized spacial score (nSPS) is 31.4. The highest BCUT2D eigenvalue weighted by molar-refractivity contribution is 5.78. The van der Waals surface area contributed by atoms with E-state index in [1.165, 1.54) is 18.4 Å². The van der Waals surface area contributed by atoms with Crippen molar-refractivity contribution in [2.75, 3.05) is 13.2 Å². The Balaban J connectivity index is 1.47. The van der Waals surface area contributed by atoms with Gasteiger partial charge in [-0.1, -0.05) is 36.6 Å². The van der Waals surface area contributed by atoms with Gasteiger partial charge in [0.05, 0.1) is 18.8 Å². The van der Waals surface area contributed by atoms with Crippen LogP contribution in [0.2, 0.25) is 0 Å². The minimum absolute atomic E-state index is 0.0424. The van der Waals surface area contributed by atoms with Gasteiger partial charge in [0.15, 0.2) is 0 Å². The molecule has 0 aromatic heterocycles. The zero-order valence-electron chi connectivity index (χ0n) is 19.9. The summed E-state index contributed by atoms with van der Waals surface area (Å²) in [5.41, 5.74) is 1.38. The third kappa shape index (κ3) is 6.21. The predicted octanol–water partition coefficient (Wildman–Crippen LogP) is 4.09. The highest BCUT2D eigenvalue weighted by atomic mass is 16.5. The van der Waals surface area contributed by atoms with E-state index in [4.69, 9.17) is 4.74 Å². The van der Waals surface area contributed by atoms with E-state index >= 15 is 0 Å².